The Balaban J connectivity index is 2.39. The fourth-order valence-corrected chi connectivity index (χ4v) is 2.50. The fourth-order valence-electron chi connectivity index (χ4n) is 2.50. The van der Waals surface area contributed by atoms with Crippen molar-refractivity contribution in [3.63, 3.8) is 0 Å². The quantitative estimate of drug-likeness (QED) is 0.898. The molecular formula is C15H20N2O2. The third-order valence-electron chi connectivity index (χ3n) is 3.56. The highest BCUT2D eigenvalue weighted by molar-refractivity contribution is 5.94. The van der Waals surface area contributed by atoms with E-state index in [0.717, 1.165) is 12.0 Å². The summed E-state index contributed by atoms with van der Waals surface area (Å²) in [6, 6.07) is 9.44. The number of benzene rings is 1. The lowest BCUT2D eigenvalue weighted by atomic mass is 9.90. The Labute approximate surface area is 113 Å². The van der Waals surface area contributed by atoms with Gasteiger partial charge in [-0.1, -0.05) is 37.3 Å². The summed E-state index contributed by atoms with van der Waals surface area (Å²) in [5.41, 5.74) is -0.124. The van der Waals surface area contributed by atoms with E-state index in [-0.39, 0.29) is 11.8 Å². The van der Waals surface area contributed by atoms with Gasteiger partial charge in [-0.25, -0.2) is 0 Å². The standard InChI is InChI=1S/C15H20N2O2/c1-3-10-17-11-9-13(18)16-15(2,14(17)19)12-7-5-4-6-8-12/h4-8H,3,9-11H2,1-2H3,(H,16,18). The van der Waals surface area contributed by atoms with Crippen LogP contribution in [0.2, 0.25) is 0 Å². The first-order valence-electron chi connectivity index (χ1n) is 6.74. The summed E-state index contributed by atoms with van der Waals surface area (Å²) in [5, 5.41) is 2.88. The molecule has 1 aromatic rings. The monoisotopic (exact) mass is 260 g/mol. The lowest BCUT2D eigenvalue weighted by molar-refractivity contribution is -0.138. The minimum atomic E-state index is -0.954. The molecule has 102 valence electrons. The minimum Gasteiger partial charge on any atom is -0.340 e. The first-order chi connectivity index (χ1) is 9.08. The summed E-state index contributed by atoms with van der Waals surface area (Å²) in [5.74, 6) is -0.0929. The molecule has 0 saturated carbocycles. The molecule has 4 heteroatoms. The van der Waals surface area contributed by atoms with Gasteiger partial charge in [0.15, 0.2) is 0 Å². The number of rotatable bonds is 3. The molecule has 1 atom stereocenters. The van der Waals surface area contributed by atoms with Gasteiger partial charge in [-0.2, -0.15) is 0 Å². The van der Waals surface area contributed by atoms with Crippen LogP contribution < -0.4 is 5.32 Å². The second-order valence-corrected chi connectivity index (χ2v) is 5.08. The summed E-state index contributed by atoms with van der Waals surface area (Å²) < 4.78 is 0. The Bertz CT molecular complexity index is 472. The van der Waals surface area contributed by atoms with E-state index < -0.39 is 5.54 Å². The average molecular weight is 260 g/mol. The molecule has 0 bridgehead atoms. The first-order valence-corrected chi connectivity index (χ1v) is 6.74. The van der Waals surface area contributed by atoms with E-state index in [4.69, 9.17) is 0 Å². The molecule has 1 heterocycles. The zero-order valence-corrected chi connectivity index (χ0v) is 11.5. The van der Waals surface area contributed by atoms with Crippen molar-refractivity contribution in [3.8, 4) is 0 Å². The van der Waals surface area contributed by atoms with Crippen LogP contribution in [0.25, 0.3) is 0 Å². The molecular weight excluding hydrogens is 240 g/mol. The van der Waals surface area contributed by atoms with Gasteiger partial charge in [-0.3, -0.25) is 9.59 Å². The summed E-state index contributed by atoms with van der Waals surface area (Å²) in [6.45, 7) is 5.01. The molecule has 1 saturated heterocycles. The van der Waals surface area contributed by atoms with Gasteiger partial charge in [-0.05, 0) is 18.9 Å². The Kier molecular flexibility index (Phi) is 3.88. The average Bonchev–Trinajstić information content (AvgIpc) is 2.53. The third-order valence-corrected chi connectivity index (χ3v) is 3.56. The van der Waals surface area contributed by atoms with Crippen LogP contribution in [0.15, 0.2) is 30.3 Å². The van der Waals surface area contributed by atoms with E-state index in [9.17, 15) is 9.59 Å². The van der Waals surface area contributed by atoms with E-state index in [0.29, 0.717) is 19.5 Å². The molecule has 0 aliphatic carbocycles. The molecule has 0 aromatic heterocycles. The molecule has 2 rings (SSSR count). The zero-order chi connectivity index (χ0) is 13.9. The van der Waals surface area contributed by atoms with E-state index in [2.05, 4.69) is 5.32 Å². The van der Waals surface area contributed by atoms with Gasteiger partial charge in [0, 0.05) is 19.5 Å². The van der Waals surface area contributed by atoms with Crippen LogP contribution in [0.3, 0.4) is 0 Å². The smallest absolute Gasteiger partial charge is 0.252 e. The molecule has 1 aromatic carbocycles. The van der Waals surface area contributed by atoms with Crippen molar-refractivity contribution < 1.29 is 9.59 Å². The van der Waals surface area contributed by atoms with Crippen molar-refractivity contribution in [1.82, 2.24) is 10.2 Å². The van der Waals surface area contributed by atoms with Gasteiger partial charge in [0.2, 0.25) is 5.91 Å². The molecule has 1 aliphatic rings. The Morgan fingerprint density at radius 2 is 1.95 bits per heavy atom. The van der Waals surface area contributed by atoms with Crippen LogP contribution in [0.5, 0.6) is 0 Å². The van der Waals surface area contributed by atoms with Crippen molar-refractivity contribution in [3.05, 3.63) is 35.9 Å². The molecule has 1 unspecified atom stereocenters. The maximum absolute atomic E-state index is 12.7. The number of carbonyl (C=O) groups is 2. The predicted molar refractivity (Wildman–Crippen MR) is 73.4 cm³/mol. The van der Waals surface area contributed by atoms with Crippen LogP contribution in [-0.2, 0) is 15.1 Å². The molecule has 4 nitrogen and oxygen atoms in total. The van der Waals surface area contributed by atoms with Crippen molar-refractivity contribution >= 4 is 11.8 Å². The number of nitrogens with zero attached hydrogens (tertiary/aromatic N) is 1. The van der Waals surface area contributed by atoms with Crippen molar-refractivity contribution in [2.75, 3.05) is 13.1 Å². The van der Waals surface area contributed by atoms with Gasteiger partial charge in [0.1, 0.15) is 5.54 Å². The van der Waals surface area contributed by atoms with E-state index in [1.165, 1.54) is 0 Å². The summed E-state index contributed by atoms with van der Waals surface area (Å²) >= 11 is 0. The highest BCUT2D eigenvalue weighted by atomic mass is 16.2. The van der Waals surface area contributed by atoms with Crippen molar-refractivity contribution in [2.24, 2.45) is 0 Å². The SMILES string of the molecule is CCCN1CCC(=O)NC(C)(c2ccccc2)C1=O. The lowest BCUT2D eigenvalue weighted by Crippen LogP contribution is -2.52. The van der Waals surface area contributed by atoms with Crippen LogP contribution in [0.1, 0.15) is 32.3 Å². The van der Waals surface area contributed by atoms with Crippen LogP contribution >= 0.6 is 0 Å². The Morgan fingerprint density at radius 1 is 1.26 bits per heavy atom. The molecule has 19 heavy (non-hydrogen) atoms. The predicted octanol–water partition coefficient (Wildman–Crippen LogP) is 1.66. The van der Waals surface area contributed by atoms with Crippen LogP contribution in [-0.4, -0.2) is 29.8 Å². The van der Waals surface area contributed by atoms with Crippen LogP contribution in [0.4, 0.5) is 0 Å². The summed E-state index contributed by atoms with van der Waals surface area (Å²) in [4.78, 5) is 26.4. The summed E-state index contributed by atoms with van der Waals surface area (Å²) in [6.07, 6.45) is 1.26. The van der Waals surface area contributed by atoms with E-state index >= 15 is 0 Å². The zero-order valence-electron chi connectivity index (χ0n) is 11.5. The van der Waals surface area contributed by atoms with Crippen molar-refractivity contribution in [1.29, 1.82) is 0 Å². The first kappa shape index (κ1) is 13.6. The minimum absolute atomic E-state index is 0.0219. The van der Waals surface area contributed by atoms with Gasteiger partial charge in [-0.15, -0.1) is 0 Å². The van der Waals surface area contributed by atoms with E-state index in [1.807, 2.05) is 37.3 Å². The number of nitrogens with one attached hydrogen (secondary N) is 1. The molecule has 2 amide bonds. The second kappa shape index (κ2) is 5.43. The largest absolute Gasteiger partial charge is 0.340 e. The normalized spacial score (nSPS) is 24.0. The van der Waals surface area contributed by atoms with Crippen molar-refractivity contribution in [2.45, 2.75) is 32.2 Å². The lowest BCUT2D eigenvalue weighted by Gasteiger charge is -2.32. The number of hydrogen-bond acceptors (Lipinski definition) is 2. The highest BCUT2D eigenvalue weighted by Crippen LogP contribution is 2.25. The third kappa shape index (κ3) is 2.62. The van der Waals surface area contributed by atoms with Crippen LogP contribution in [0, 0.1) is 0 Å². The highest BCUT2D eigenvalue weighted by Gasteiger charge is 2.41. The maximum Gasteiger partial charge on any atom is 0.252 e. The Morgan fingerprint density at radius 3 is 2.58 bits per heavy atom. The molecule has 0 spiro atoms. The topological polar surface area (TPSA) is 49.4 Å². The molecule has 1 fully saturated rings. The molecule has 1 N–H and O–H groups in total. The molecule has 1 aliphatic heterocycles. The summed E-state index contributed by atoms with van der Waals surface area (Å²) in [7, 11) is 0. The number of carbonyl (C=O) groups excluding carboxylic acids is 2. The van der Waals surface area contributed by atoms with Gasteiger partial charge >= 0.3 is 0 Å². The Hall–Kier alpha value is -1.84. The second-order valence-electron chi connectivity index (χ2n) is 5.08. The van der Waals surface area contributed by atoms with Gasteiger partial charge in [0.25, 0.3) is 5.91 Å². The maximum atomic E-state index is 12.7. The van der Waals surface area contributed by atoms with Gasteiger partial charge in [0.05, 0.1) is 0 Å². The van der Waals surface area contributed by atoms with E-state index in [1.54, 1.807) is 11.8 Å². The van der Waals surface area contributed by atoms with Gasteiger partial charge < -0.3 is 10.2 Å². The molecule has 0 radical (unpaired) electrons. The fraction of sp³-hybridized carbons (Fsp3) is 0.467. The number of hydrogen-bond donors (Lipinski definition) is 1. The number of amides is 2.